The summed E-state index contributed by atoms with van der Waals surface area (Å²) >= 11 is 7.38. The van der Waals surface area contributed by atoms with Crippen LogP contribution in [0.3, 0.4) is 0 Å². The van der Waals surface area contributed by atoms with E-state index in [2.05, 4.69) is 70.8 Å². The first-order valence-corrected chi connectivity index (χ1v) is 8.20. The van der Waals surface area contributed by atoms with Crippen molar-refractivity contribution in [1.29, 1.82) is 0 Å². The van der Waals surface area contributed by atoms with Crippen LogP contribution in [0.4, 0.5) is 0 Å². The van der Waals surface area contributed by atoms with E-state index in [4.69, 9.17) is 4.74 Å². The Hall–Kier alpha value is -0.800. The van der Waals surface area contributed by atoms with Crippen molar-refractivity contribution in [1.82, 2.24) is 0 Å². The maximum Gasteiger partial charge on any atom is 0.123 e. The van der Waals surface area contributed by atoms with Gasteiger partial charge in [-0.15, -0.1) is 0 Å². The van der Waals surface area contributed by atoms with Gasteiger partial charge >= 0.3 is 0 Å². The first-order chi connectivity index (χ1) is 9.43. The molecule has 0 fully saturated rings. The number of rotatable bonds is 3. The maximum absolute atomic E-state index is 5.50. The molecule has 20 heavy (non-hydrogen) atoms. The topological polar surface area (TPSA) is 9.23 Å². The molecule has 0 saturated heterocycles. The summed E-state index contributed by atoms with van der Waals surface area (Å²) in [4.78, 5) is 0.121. The highest BCUT2D eigenvalue weighted by atomic mass is 79.9. The molecule has 3 heteroatoms. The number of hydrogen-bond acceptors (Lipinski definition) is 1. The van der Waals surface area contributed by atoms with E-state index in [0.29, 0.717) is 0 Å². The Morgan fingerprint density at radius 3 is 2.15 bits per heavy atom. The highest BCUT2D eigenvalue weighted by molar-refractivity contribution is 9.10. The molecule has 1 unspecified atom stereocenters. The number of methoxy groups -OCH3 is 1. The summed E-state index contributed by atoms with van der Waals surface area (Å²) in [7, 11) is 1.71. The summed E-state index contributed by atoms with van der Waals surface area (Å²) in [5, 5.41) is 0. The van der Waals surface area contributed by atoms with Gasteiger partial charge in [-0.2, -0.15) is 0 Å². The third-order valence-electron chi connectivity index (χ3n) is 3.46. The highest BCUT2D eigenvalue weighted by Gasteiger charge is 2.19. The number of halogens is 2. The smallest absolute Gasteiger partial charge is 0.123 e. The van der Waals surface area contributed by atoms with Gasteiger partial charge in [0.25, 0.3) is 0 Å². The largest absolute Gasteiger partial charge is 0.496 e. The van der Waals surface area contributed by atoms with Gasteiger partial charge in [0.15, 0.2) is 0 Å². The summed E-state index contributed by atoms with van der Waals surface area (Å²) in [6, 6.07) is 10.5. The van der Waals surface area contributed by atoms with Crippen LogP contribution < -0.4 is 4.74 Å². The second-order valence-corrected chi connectivity index (χ2v) is 6.89. The normalized spacial score (nSPS) is 12.3. The van der Waals surface area contributed by atoms with Crippen LogP contribution in [0.5, 0.6) is 5.75 Å². The van der Waals surface area contributed by atoms with E-state index in [1.807, 2.05) is 12.1 Å². The van der Waals surface area contributed by atoms with Crippen LogP contribution in [0.25, 0.3) is 0 Å². The molecule has 0 aromatic heterocycles. The number of alkyl halides is 1. The molecule has 0 aliphatic heterocycles. The molecule has 0 spiro atoms. The van der Waals surface area contributed by atoms with Crippen LogP contribution in [-0.4, -0.2) is 7.11 Å². The minimum absolute atomic E-state index is 0.121. The van der Waals surface area contributed by atoms with Crippen molar-refractivity contribution in [3.8, 4) is 5.75 Å². The van der Waals surface area contributed by atoms with Crippen molar-refractivity contribution in [2.24, 2.45) is 0 Å². The Bertz CT molecular complexity index is 612. The molecule has 0 aliphatic carbocycles. The van der Waals surface area contributed by atoms with Crippen LogP contribution in [0, 0.1) is 20.8 Å². The van der Waals surface area contributed by atoms with E-state index in [1.54, 1.807) is 7.11 Å². The number of ether oxygens (including phenoxy) is 1. The van der Waals surface area contributed by atoms with Gasteiger partial charge < -0.3 is 4.74 Å². The molecular formula is C17H18Br2O. The van der Waals surface area contributed by atoms with Crippen LogP contribution in [0.15, 0.2) is 34.8 Å². The quantitative estimate of drug-likeness (QED) is 0.588. The van der Waals surface area contributed by atoms with E-state index in [1.165, 1.54) is 22.3 Å². The van der Waals surface area contributed by atoms with Crippen molar-refractivity contribution in [2.45, 2.75) is 25.6 Å². The lowest BCUT2D eigenvalue weighted by Crippen LogP contribution is -2.02. The molecule has 106 valence electrons. The van der Waals surface area contributed by atoms with Crippen LogP contribution in [-0.2, 0) is 0 Å². The second-order valence-electron chi connectivity index (χ2n) is 5.06. The third kappa shape index (κ3) is 3.09. The first kappa shape index (κ1) is 15.6. The fourth-order valence-corrected chi connectivity index (χ4v) is 4.11. The lowest BCUT2D eigenvalue weighted by atomic mass is 9.94. The molecule has 0 radical (unpaired) electrons. The first-order valence-electron chi connectivity index (χ1n) is 6.49. The zero-order chi connectivity index (χ0) is 14.9. The molecular weight excluding hydrogens is 380 g/mol. The van der Waals surface area contributed by atoms with Gasteiger partial charge in [-0.1, -0.05) is 49.6 Å². The Morgan fingerprint density at radius 2 is 1.60 bits per heavy atom. The molecule has 0 aliphatic rings. The van der Waals surface area contributed by atoms with E-state index in [-0.39, 0.29) is 4.83 Å². The monoisotopic (exact) mass is 396 g/mol. The van der Waals surface area contributed by atoms with Crippen LogP contribution in [0.1, 0.15) is 32.6 Å². The third-order valence-corrected chi connectivity index (χ3v) is 4.90. The standard InChI is InChI=1S/C17H18Br2O/c1-10-7-11(2)16(12(3)8-10)17(19)14-9-13(18)5-6-15(14)20-4/h5-9,17H,1-4H3. The van der Waals surface area contributed by atoms with Gasteiger partial charge in [0, 0.05) is 10.0 Å². The average Bonchev–Trinajstić information content (AvgIpc) is 2.37. The van der Waals surface area contributed by atoms with Gasteiger partial charge in [-0.05, 0) is 55.7 Å². The lowest BCUT2D eigenvalue weighted by Gasteiger charge is -2.20. The summed E-state index contributed by atoms with van der Waals surface area (Å²) in [5.74, 6) is 0.898. The summed E-state index contributed by atoms with van der Waals surface area (Å²) in [6.07, 6.45) is 0. The van der Waals surface area contributed by atoms with Crippen molar-refractivity contribution in [2.75, 3.05) is 7.11 Å². The molecule has 1 atom stereocenters. The molecule has 1 nitrogen and oxygen atoms in total. The Balaban J connectivity index is 2.57. The second kappa shape index (κ2) is 6.31. The van der Waals surface area contributed by atoms with E-state index in [0.717, 1.165) is 15.8 Å². The molecule has 0 N–H and O–H groups in total. The molecule has 0 bridgehead atoms. The van der Waals surface area contributed by atoms with Crippen molar-refractivity contribution in [3.05, 3.63) is 62.6 Å². The molecule has 0 heterocycles. The molecule has 2 rings (SSSR count). The van der Waals surface area contributed by atoms with E-state index in [9.17, 15) is 0 Å². The Kier molecular flexibility index (Phi) is 4.92. The van der Waals surface area contributed by atoms with Gasteiger partial charge in [-0.3, -0.25) is 0 Å². The molecule has 0 saturated carbocycles. The number of hydrogen-bond donors (Lipinski definition) is 0. The van der Waals surface area contributed by atoms with Gasteiger partial charge in [0.05, 0.1) is 11.9 Å². The van der Waals surface area contributed by atoms with Crippen molar-refractivity contribution in [3.63, 3.8) is 0 Å². The van der Waals surface area contributed by atoms with Gasteiger partial charge in [0.1, 0.15) is 5.75 Å². The van der Waals surface area contributed by atoms with Crippen molar-refractivity contribution >= 4 is 31.9 Å². The average molecular weight is 398 g/mol. The number of benzene rings is 2. The fourth-order valence-electron chi connectivity index (χ4n) is 2.65. The van der Waals surface area contributed by atoms with Crippen LogP contribution >= 0.6 is 31.9 Å². The van der Waals surface area contributed by atoms with Crippen LogP contribution in [0.2, 0.25) is 0 Å². The SMILES string of the molecule is COc1ccc(Br)cc1C(Br)c1c(C)cc(C)cc1C. The molecule has 2 aromatic rings. The van der Waals surface area contributed by atoms with Gasteiger partial charge in [0.2, 0.25) is 0 Å². The lowest BCUT2D eigenvalue weighted by molar-refractivity contribution is 0.410. The minimum Gasteiger partial charge on any atom is -0.496 e. The zero-order valence-corrected chi connectivity index (χ0v) is 15.3. The maximum atomic E-state index is 5.50. The fraction of sp³-hybridized carbons (Fsp3) is 0.294. The van der Waals surface area contributed by atoms with E-state index < -0.39 is 0 Å². The number of aryl methyl sites for hydroxylation is 3. The molecule has 2 aromatic carbocycles. The van der Waals surface area contributed by atoms with E-state index >= 15 is 0 Å². The van der Waals surface area contributed by atoms with Crippen molar-refractivity contribution < 1.29 is 4.74 Å². The zero-order valence-electron chi connectivity index (χ0n) is 12.1. The summed E-state index contributed by atoms with van der Waals surface area (Å²) in [5.41, 5.74) is 6.34. The summed E-state index contributed by atoms with van der Waals surface area (Å²) in [6.45, 7) is 6.45. The summed E-state index contributed by atoms with van der Waals surface area (Å²) < 4.78 is 6.55. The predicted octanol–water partition coefficient (Wildman–Crippen LogP) is 5.87. The Labute approximate surface area is 137 Å². The predicted molar refractivity (Wildman–Crippen MR) is 92.1 cm³/mol. The Morgan fingerprint density at radius 1 is 1.00 bits per heavy atom. The highest BCUT2D eigenvalue weighted by Crippen LogP contribution is 2.40. The molecule has 0 amide bonds. The minimum atomic E-state index is 0.121. The van der Waals surface area contributed by atoms with Gasteiger partial charge in [-0.25, -0.2) is 0 Å².